The SMILES string of the molecule is O=C(NCC1CCOC1)c1cc(COCc2cc(Br)cc(Br)c2)on1. The number of carbonyl (C=O) groups excluding carboxylic acids is 1. The summed E-state index contributed by atoms with van der Waals surface area (Å²) >= 11 is 6.88. The summed E-state index contributed by atoms with van der Waals surface area (Å²) in [4.78, 5) is 12.1. The smallest absolute Gasteiger partial charge is 0.273 e. The number of amides is 1. The lowest BCUT2D eigenvalue weighted by atomic mass is 10.1. The number of hydrogen-bond acceptors (Lipinski definition) is 5. The molecule has 1 amide bonds. The van der Waals surface area contributed by atoms with Crippen molar-refractivity contribution in [1.82, 2.24) is 10.5 Å². The van der Waals surface area contributed by atoms with Crippen LogP contribution in [0.2, 0.25) is 0 Å². The number of nitrogens with zero attached hydrogens (tertiary/aromatic N) is 1. The van der Waals surface area contributed by atoms with Crippen LogP contribution in [0.1, 0.15) is 28.2 Å². The molecule has 25 heavy (non-hydrogen) atoms. The molecule has 8 heteroatoms. The van der Waals surface area contributed by atoms with E-state index in [0.29, 0.717) is 31.4 Å². The van der Waals surface area contributed by atoms with Gasteiger partial charge in [-0.25, -0.2) is 0 Å². The molecule has 1 saturated heterocycles. The van der Waals surface area contributed by atoms with E-state index in [4.69, 9.17) is 14.0 Å². The van der Waals surface area contributed by atoms with Gasteiger partial charge in [-0.15, -0.1) is 0 Å². The highest BCUT2D eigenvalue weighted by Crippen LogP contribution is 2.21. The molecule has 3 rings (SSSR count). The zero-order chi connectivity index (χ0) is 17.6. The molecule has 6 nitrogen and oxygen atoms in total. The fourth-order valence-corrected chi connectivity index (χ4v) is 3.91. The van der Waals surface area contributed by atoms with Crippen molar-refractivity contribution in [2.24, 2.45) is 5.92 Å². The Labute approximate surface area is 162 Å². The molecule has 1 aliphatic heterocycles. The molecule has 0 radical (unpaired) electrons. The maximum Gasteiger partial charge on any atom is 0.273 e. The molecule has 1 unspecified atom stereocenters. The highest BCUT2D eigenvalue weighted by atomic mass is 79.9. The second-order valence-corrected chi connectivity index (χ2v) is 7.72. The van der Waals surface area contributed by atoms with Gasteiger partial charge in [-0.3, -0.25) is 4.79 Å². The molecule has 1 aliphatic rings. The average molecular weight is 474 g/mol. The lowest BCUT2D eigenvalue weighted by molar-refractivity contribution is 0.0876. The van der Waals surface area contributed by atoms with E-state index in [1.165, 1.54) is 0 Å². The number of nitrogens with one attached hydrogen (secondary N) is 1. The van der Waals surface area contributed by atoms with Crippen molar-refractivity contribution >= 4 is 37.8 Å². The Balaban J connectivity index is 1.45. The molecule has 1 fully saturated rings. The summed E-state index contributed by atoms with van der Waals surface area (Å²) in [5.41, 5.74) is 1.29. The van der Waals surface area contributed by atoms with E-state index in [1.807, 2.05) is 18.2 Å². The quantitative estimate of drug-likeness (QED) is 0.663. The van der Waals surface area contributed by atoms with Crippen LogP contribution < -0.4 is 5.32 Å². The van der Waals surface area contributed by atoms with E-state index in [1.54, 1.807) is 6.07 Å². The van der Waals surface area contributed by atoms with Crippen LogP contribution >= 0.6 is 31.9 Å². The fourth-order valence-electron chi connectivity index (χ4n) is 2.52. The molecule has 2 heterocycles. The van der Waals surface area contributed by atoms with Crippen LogP contribution in [0.4, 0.5) is 0 Å². The summed E-state index contributed by atoms with van der Waals surface area (Å²) in [6.07, 6.45) is 0.976. The second kappa shape index (κ2) is 8.93. The van der Waals surface area contributed by atoms with Crippen molar-refractivity contribution in [1.29, 1.82) is 0 Å². The molecule has 2 aromatic rings. The van der Waals surface area contributed by atoms with Crippen LogP contribution in [0.5, 0.6) is 0 Å². The predicted octanol–water partition coefficient (Wildman–Crippen LogP) is 3.68. The molecule has 134 valence electrons. The van der Waals surface area contributed by atoms with Crippen LogP contribution in [0.25, 0.3) is 0 Å². The molecular weight excluding hydrogens is 456 g/mol. The van der Waals surface area contributed by atoms with E-state index in [0.717, 1.165) is 27.5 Å². The predicted molar refractivity (Wildman–Crippen MR) is 98.1 cm³/mol. The summed E-state index contributed by atoms with van der Waals surface area (Å²) in [5.74, 6) is 0.657. The summed E-state index contributed by atoms with van der Waals surface area (Å²) in [7, 11) is 0. The molecule has 1 aromatic heterocycles. The number of ether oxygens (including phenoxy) is 2. The lowest BCUT2D eigenvalue weighted by Crippen LogP contribution is -2.29. The molecule has 0 bridgehead atoms. The summed E-state index contributed by atoms with van der Waals surface area (Å²) in [6, 6.07) is 7.54. The van der Waals surface area contributed by atoms with E-state index >= 15 is 0 Å². The first-order chi connectivity index (χ1) is 12.1. The first-order valence-electron chi connectivity index (χ1n) is 7.94. The number of hydrogen-bond donors (Lipinski definition) is 1. The number of rotatable bonds is 7. The van der Waals surface area contributed by atoms with Gasteiger partial charge in [-0.2, -0.15) is 0 Å². The number of aromatic nitrogens is 1. The lowest BCUT2D eigenvalue weighted by Gasteiger charge is -2.07. The van der Waals surface area contributed by atoms with Gasteiger partial charge in [0.1, 0.15) is 6.61 Å². The van der Waals surface area contributed by atoms with Crippen molar-refractivity contribution in [3.63, 3.8) is 0 Å². The standard InChI is InChI=1S/C17H18Br2N2O4/c18-13-3-12(4-14(19)5-13)9-24-10-15-6-16(21-25-15)17(22)20-7-11-1-2-23-8-11/h3-6,11H,1-2,7-10H2,(H,20,22). The minimum absolute atomic E-state index is 0.238. The molecule has 1 atom stereocenters. The molecular formula is C17H18Br2N2O4. The Morgan fingerprint density at radius 2 is 2.04 bits per heavy atom. The molecule has 0 spiro atoms. The van der Waals surface area contributed by atoms with Crippen LogP contribution in [0, 0.1) is 5.92 Å². The Bertz CT molecular complexity index is 709. The summed E-state index contributed by atoms with van der Waals surface area (Å²) in [6.45, 7) is 2.74. The molecule has 0 saturated carbocycles. The topological polar surface area (TPSA) is 73.6 Å². The Morgan fingerprint density at radius 3 is 2.76 bits per heavy atom. The third-order valence-electron chi connectivity index (χ3n) is 3.80. The van der Waals surface area contributed by atoms with E-state index in [-0.39, 0.29) is 18.2 Å². The third-order valence-corrected chi connectivity index (χ3v) is 4.72. The van der Waals surface area contributed by atoms with Gasteiger partial charge in [0.2, 0.25) is 0 Å². The van der Waals surface area contributed by atoms with Crippen molar-refractivity contribution in [3.05, 3.63) is 50.2 Å². The van der Waals surface area contributed by atoms with Crippen LogP contribution in [-0.2, 0) is 22.7 Å². The van der Waals surface area contributed by atoms with Gasteiger partial charge in [-0.1, -0.05) is 37.0 Å². The van der Waals surface area contributed by atoms with Gasteiger partial charge in [0, 0.05) is 34.1 Å². The summed E-state index contributed by atoms with van der Waals surface area (Å²) < 4.78 is 18.0. The normalized spacial score (nSPS) is 17.0. The monoisotopic (exact) mass is 472 g/mol. The Morgan fingerprint density at radius 1 is 1.24 bits per heavy atom. The molecule has 0 aliphatic carbocycles. The number of benzene rings is 1. The van der Waals surface area contributed by atoms with E-state index in [2.05, 4.69) is 42.3 Å². The number of halogens is 2. The van der Waals surface area contributed by atoms with Gasteiger partial charge in [0.15, 0.2) is 11.5 Å². The summed E-state index contributed by atoms with van der Waals surface area (Å²) in [5, 5.41) is 6.66. The van der Waals surface area contributed by atoms with Crippen molar-refractivity contribution in [2.75, 3.05) is 19.8 Å². The minimum Gasteiger partial charge on any atom is -0.381 e. The van der Waals surface area contributed by atoms with Gasteiger partial charge >= 0.3 is 0 Å². The van der Waals surface area contributed by atoms with Crippen molar-refractivity contribution in [2.45, 2.75) is 19.6 Å². The van der Waals surface area contributed by atoms with E-state index in [9.17, 15) is 4.79 Å². The first-order valence-corrected chi connectivity index (χ1v) is 9.53. The average Bonchev–Trinajstić information content (AvgIpc) is 3.23. The number of carbonyl (C=O) groups is 1. The van der Waals surface area contributed by atoms with Gasteiger partial charge < -0.3 is 19.3 Å². The second-order valence-electron chi connectivity index (χ2n) is 5.89. The highest BCUT2D eigenvalue weighted by molar-refractivity contribution is 9.11. The first kappa shape index (κ1) is 18.6. The van der Waals surface area contributed by atoms with E-state index < -0.39 is 0 Å². The van der Waals surface area contributed by atoms with Crippen LogP contribution in [0.15, 0.2) is 37.7 Å². The fraction of sp³-hybridized carbons (Fsp3) is 0.412. The molecule has 1 N–H and O–H groups in total. The van der Waals surface area contributed by atoms with Gasteiger partial charge in [-0.05, 0) is 30.2 Å². The minimum atomic E-state index is -0.238. The van der Waals surface area contributed by atoms with Crippen LogP contribution in [0.3, 0.4) is 0 Å². The van der Waals surface area contributed by atoms with Crippen LogP contribution in [-0.4, -0.2) is 30.8 Å². The zero-order valence-corrected chi connectivity index (χ0v) is 16.6. The van der Waals surface area contributed by atoms with Crippen molar-refractivity contribution < 1.29 is 18.8 Å². The van der Waals surface area contributed by atoms with Gasteiger partial charge in [0.05, 0.1) is 13.2 Å². The maximum absolute atomic E-state index is 12.1. The Hall–Kier alpha value is -1.22. The van der Waals surface area contributed by atoms with Crippen molar-refractivity contribution in [3.8, 4) is 0 Å². The molecule has 1 aromatic carbocycles. The zero-order valence-electron chi connectivity index (χ0n) is 13.5. The Kier molecular flexibility index (Phi) is 6.63. The third kappa shape index (κ3) is 5.64. The maximum atomic E-state index is 12.1. The largest absolute Gasteiger partial charge is 0.381 e. The highest BCUT2D eigenvalue weighted by Gasteiger charge is 2.18. The van der Waals surface area contributed by atoms with Gasteiger partial charge in [0.25, 0.3) is 5.91 Å².